The summed E-state index contributed by atoms with van der Waals surface area (Å²) in [5, 5.41) is 75.8. The zero-order chi connectivity index (χ0) is 39.5. The summed E-state index contributed by atoms with van der Waals surface area (Å²) in [5.41, 5.74) is -16.8. The predicted molar refractivity (Wildman–Crippen MR) is 154 cm³/mol. The molecule has 0 atom stereocenters. The molecule has 0 spiro atoms. The van der Waals surface area contributed by atoms with Crippen molar-refractivity contribution in [2.24, 2.45) is 0 Å². The Balaban J connectivity index is 2.23. The predicted octanol–water partition coefficient (Wildman–Crippen LogP) is 1.27. The number of aromatic carboxylic acids is 8. The molecule has 0 saturated heterocycles. The Kier molecular flexibility index (Phi) is 10.6. The van der Waals surface area contributed by atoms with Gasteiger partial charge in [0.05, 0.1) is 66.8 Å². The number of hydrogen-bond donors (Lipinski definition) is 8. The Bertz CT molecular complexity index is 2240. The maximum atomic E-state index is 13.3. The van der Waals surface area contributed by atoms with Crippen LogP contribution in [0.25, 0.3) is 0 Å². The third kappa shape index (κ3) is 7.09. The molecule has 0 amide bonds. The van der Waals surface area contributed by atoms with Crippen molar-refractivity contribution in [1.82, 2.24) is 0 Å². The first-order chi connectivity index (χ1) is 24.1. The molecule has 0 bridgehead atoms. The zero-order valence-corrected chi connectivity index (χ0v) is 24.8. The van der Waals surface area contributed by atoms with Crippen LogP contribution in [-0.4, -0.2) is 112 Å². The van der Waals surface area contributed by atoms with E-state index in [4.69, 9.17) is 0 Å². The molecule has 0 aliphatic carbocycles. The standard InChI is InChI=1S/C30H14O22/c31-19(32)7-1-4-10(16(25(43)44)13(7)22(37)38)27(47)51-29(49)12-6-3-9(21(35)36)15(24(41)42)18(12)30(50)52-28(48)11-5-2-8(20(33)34)14(23(39)40)17(11)26(45)46/h1-6H,(H,31,32)(H,33,34)(H,35,36)(H,37,38)(H,39,40)(H,41,42)(H,43,44)(H,45,46). The van der Waals surface area contributed by atoms with Crippen LogP contribution in [-0.2, 0) is 9.47 Å². The van der Waals surface area contributed by atoms with Gasteiger partial charge in [0.1, 0.15) is 0 Å². The Labute approximate surface area is 282 Å². The fraction of sp³-hybridized carbons (Fsp3) is 0. The van der Waals surface area contributed by atoms with Crippen molar-refractivity contribution in [3.63, 3.8) is 0 Å². The number of rotatable bonds is 12. The maximum Gasteiger partial charge on any atom is 0.347 e. The monoisotopic (exact) mass is 726 g/mol. The molecule has 3 aromatic carbocycles. The number of carboxylic acid groups (broad SMARTS) is 8. The van der Waals surface area contributed by atoms with Crippen molar-refractivity contribution in [1.29, 1.82) is 0 Å². The summed E-state index contributed by atoms with van der Waals surface area (Å²) >= 11 is 0. The topological polar surface area (TPSA) is 385 Å². The minimum atomic E-state index is -2.31. The summed E-state index contributed by atoms with van der Waals surface area (Å²) in [6.07, 6.45) is 0. The van der Waals surface area contributed by atoms with Crippen LogP contribution in [0.3, 0.4) is 0 Å². The highest BCUT2D eigenvalue weighted by Crippen LogP contribution is 2.27. The quantitative estimate of drug-likeness (QED) is 0.0961. The van der Waals surface area contributed by atoms with Crippen molar-refractivity contribution in [3.05, 3.63) is 103 Å². The number of esters is 4. The van der Waals surface area contributed by atoms with Crippen molar-refractivity contribution in [3.8, 4) is 0 Å². The first-order valence-electron chi connectivity index (χ1n) is 13.0. The fourth-order valence-electron chi connectivity index (χ4n) is 4.56. The molecule has 0 heterocycles. The van der Waals surface area contributed by atoms with Gasteiger partial charge in [0, 0.05) is 0 Å². The van der Waals surface area contributed by atoms with Crippen molar-refractivity contribution in [2.75, 3.05) is 0 Å². The Hall–Kier alpha value is -8.30. The van der Waals surface area contributed by atoms with E-state index in [2.05, 4.69) is 9.47 Å². The lowest BCUT2D eigenvalue weighted by Crippen LogP contribution is -2.26. The van der Waals surface area contributed by atoms with Crippen molar-refractivity contribution in [2.45, 2.75) is 0 Å². The molecule has 0 aromatic heterocycles. The van der Waals surface area contributed by atoms with Gasteiger partial charge in [-0.25, -0.2) is 57.5 Å². The SMILES string of the molecule is O=C(O)c1ccc(C(=O)OC(=O)c2ccc(C(=O)O)c(C(=O)O)c2C(=O)OC(=O)c2ccc(C(=O)O)c(C(=O)O)c2C(=O)O)c(C(=O)O)c1C(=O)O. The molecule has 0 unspecified atom stereocenters. The largest absolute Gasteiger partial charge is 0.478 e. The van der Waals surface area contributed by atoms with Crippen LogP contribution >= 0.6 is 0 Å². The smallest absolute Gasteiger partial charge is 0.347 e. The van der Waals surface area contributed by atoms with Crippen LogP contribution in [0.4, 0.5) is 0 Å². The van der Waals surface area contributed by atoms with E-state index in [1.54, 1.807) is 0 Å². The summed E-state index contributed by atoms with van der Waals surface area (Å²) in [6.45, 7) is 0. The summed E-state index contributed by atoms with van der Waals surface area (Å²) in [6, 6.07) is 2.39. The van der Waals surface area contributed by atoms with Crippen LogP contribution in [0.2, 0.25) is 0 Å². The third-order valence-corrected chi connectivity index (χ3v) is 6.61. The molecule has 52 heavy (non-hydrogen) atoms. The minimum absolute atomic E-state index is 0.341. The number of carboxylic acids is 8. The van der Waals surface area contributed by atoms with Gasteiger partial charge in [-0.15, -0.1) is 0 Å². The minimum Gasteiger partial charge on any atom is -0.478 e. The van der Waals surface area contributed by atoms with Gasteiger partial charge in [0.25, 0.3) is 0 Å². The lowest BCUT2D eigenvalue weighted by Gasteiger charge is -2.15. The molecular formula is C30H14O22. The first-order valence-corrected chi connectivity index (χ1v) is 13.0. The maximum absolute atomic E-state index is 13.3. The van der Waals surface area contributed by atoms with Gasteiger partial charge in [-0.3, -0.25) is 0 Å². The second-order valence-corrected chi connectivity index (χ2v) is 9.53. The summed E-state index contributed by atoms with van der Waals surface area (Å²) in [7, 11) is 0. The van der Waals surface area contributed by atoms with E-state index in [1.807, 2.05) is 0 Å². The van der Waals surface area contributed by atoms with Gasteiger partial charge in [-0.2, -0.15) is 0 Å². The van der Waals surface area contributed by atoms with E-state index in [9.17, 15) is 98.4 Å². The van der Waals surface area contributed by atoms with Crippen LogP contribution in [0.5, 0.6) is 0 Å². The number of benzene rings is 3. The van der Waals surface area contributed by atoms with E-state index < -0.39 is 138 Å². The van der Waals surface area contributed by atoms with Gasteiger partial charge in [-0.1, -0.05) is 0 Å². The third-order valence-electron chi connectivity index (χ3n) is 6.61. The zero-order valence-electron chi connectivity index (χ0n) is 24.8. The highest BCUT2D eigenvalue weighted by Gasteiger charge is 2.37. The molecule has 0 aliphatic heterocycles. The number of carbonyl (C=O) groups is 12. The fourth-order valence-corrected chi connectivity index (χ4v) is 4.56. The second kappa shape index (κ2) is 14.4. The Morgan fingerprint density at radius 1 is 0.269 bits per heavy atom. The van der Waals surface area contributed by atoms with E-state index in [0.29, 0.717) is 36.4 Å². The Morgan fingerprint density at radius 2 is 0.462 bits per heavy atom. The van der Waals surface area contributed by atoms with E-state index >= 15 is 0 Å². The molecule has 0 aliphatic rings. The van der Waals surface area contributed by atoms with Gasteiger partial charge < -0.3 is 50.3 Å². The lowest BCUT2D eigenvalue weighted by atomic mass is 9.94. The summed E-state index contributed by atoms with van der Waals surface area (Å²) < 4.78 is 8.93. The van der Waals surface area contributed by atoms with Gasteiger partial charge in [-0.05, 0) is 36.4 Å². The van der Waals surface area contributed by atoms with Crippen LogP contribution in [0.15, 0.2) is 36.4 Å². The molecule has 8 N–H and O–H groups in total. The molecule has 266 valence electrons. The summed E-state index contributed by atoms with van der Waals surface area (Å²) in [5.74, 6) is -25.7. The van der Waals surface area contributed by atoms with Gasteiger partial charge in [0.2, 0.25) is 0 Å². The molecule has 3 aromatic rings. The average molecular weight is 726 g/mol. The van der Waals surface area contributed by atoms with E-state index in [0.717, 1.165) is 0 Å². The Morgan fingerprint density at radius 3 is 0.712 bits per heavy atom. The second-order valence-electron chi connectivity index (χ2n) is 9.53. The molecule has 22 nitrogen and oxygen atoms in total. The van der Waals surface area contributed by atoms with Crippen LogP contribution in [0, 0.1) is 0 Å². The lowest BCUT2D eigenvalue weighted by molar-refractivity contribution is 0.0351. The normalized spacial score (nSPS) is 10.3. The number of hydrogen-bond acceptors (Lipinski definition) is 14. The van der Waals surface area contributed by atoms with E-state index in [1.165, 1.54) is 0 Å². The van der Waals surface area contributed by atoms with E-state index in [-0.39, 0.29) is 0 Å². The molecule has 3 rings (SSSR count). The highest BCUT2D eigenvalue weighted by molar-refractivity contribution is 6.20. The molecule has 22 heteroatoms. The molecule has 0 fully saturated rings. The number of carbonyl (C=O) groups excluding carboxylic acids is 4. The van der Waals surface area contributed by atoms with Gasteiger partial charge in [0.15, 0.2) is 0 Å². The highest BCUT2D eigenvalue weighted by atomic mass is 16.6. The van der Waals surface area contributed by atoms with Crippen LogP contribution < -0.4 is 0 Å². The molecular weight excluding hydrogens is 712 g/mol. The van der Waals surface area contributed by atoms with Crippen molar-refractivity contribution < 1.29 is 108 Å². The number of ether oxygens (including phenoxy) is 2. The van der Waals surface area contributed by atoms with Gasteiger partial charge >= 0.3 is 71.6 Å². The molecule has 0 saturated carbocycles. The average Bonchev–Trinajstić information content (AvgIpc) is 3.05. The van der Waals surface area contributed by atoms with Crippen molar-refractivity contribution >= 4 is 71.6 Å². The first kappa shape index (κ1) is 38.2. The summed E-state index contributed by atoms with van der Waals surface area (Å²) in [4.78, 5) is 146. The molecule has 0 radical (unpaired) electrons. The van der Waals surface area contributed by atoms with Crippen LogP contribution in [0.1, 0.15) is 124 Å².